The number of hydrogen-bond donors (Lipinski definition) is 1. The summed E-state index contributed by atoms with van der Waals surface area (Å²) < 4.78 is 12.7. The summed E-state index contributed by atoms with van der Waals surface area (Å²) in [7, 11) is -0.683. The van der Waals surface area contributed by atoms with Crippen LogP contribution in [0.3, 0.4) is 0 Å². The van der Waals surface area contributed by atoms with Crippen LogP contribution in [0.15, 0.2) is 0 Å². The molecule has 1 saturated carbocycles. The van der Waals surface area contributed by atoms with Gasteiger partial charge in [0.1, 0.15) is 0 Å². The molecule has 108 valence electrons. The maximum atomic E-state index is 12.7. The predicted octanol–water partition coefficient (Wildman–Crippen LogP) is 3.34. The molecule has 0 aromatic rings. The summed E-state index contributed by atoms with van der Waals surface area (Å²) in [6, 6.07) is 0.472. The van der Waals surface area contributed by atoms with Gasteiger partial charge in [-0.05, 0) is 44.1 Å². The molecular weight excluding hydrogens is 242 g/mol. The Balaban J connectivity index is 2.74. The molecule has 0 heterocycles. The van der Waals surface area contributed by atoms with Gasteiger partial charge in [-0.2, -0.15) is 0 Å². The van der Waals surface area contributed by atoms with E-state index < -0.39 is 10.8 Å². The van der Waals surface area contributed by atoms with Crippen molar-refractivity contribution in [3.63, 3.8) is 0 Å². The van der Waals surface area contributed by atoms with E-state index in [4.69, 9.17) is 0 Å². The largest absolute Gasteiger partial charge is 0.313 e. The average molecular weight is 273 g/mol. The summed E-state index contributed by atoms with van der Waals surface area (Å²) in [5.74, 6) is 1.49. The Kier molecular flexibility index (Phi) is 6.86. The van der Waals surface area contributed by atoms with Gasteiger partial charge in [-0.25, -0.2) is 0 Å². The van der Waals surface area contributed by atoms with Gasteiger partial charge in [0.05, 0.1) is 5.25 Å². The number of rotatable bonds is 6. The average Bonchev–Trinajstić information content (AvgIpc) is 2.37. The van der Waals surface area contributed by atoms with Crippen molar-refractivity contribution in [3.8, 4) is 0 Å². The van der Waals surface area contributed by atoms with Crippen molar-refractivity contribution < 1.29 is 4.21 Å². The summed E-state index contributed by atoms with van der Waals surface area (Å²) in [5.41, 5.74) is 0. The van der Waals surface area contributed by atoms with Crippen molar-refractivity contribution in [1.82, 2.24) is 5.32 Å². The molecule has 1 aliphatic carbocycles. The van der Waals surface area contributed by atoms with E-state index in [0.717, 1.165) is 31.2 Å². The lowest BCUT2D eigenvalue weighted by Crippen LogP contribution is -2.48. The van der Waals surface area contributed by atoms with Gasteiger partial charge in [0, 0.05) is 22.1 Å². The van der Waals surface area contributed by atoms with Crippen LogP contribution in [0.4, 0.5) is 0 Å². The van der Waals surface area contributed by atoms with Crippen LogP contribution in [0, 0.1) is 11.8 Å². The van der Waals surface area contributed by atoms with Crippen LogP contribution in [0.2, 0.25) is 0 Å². The molecule has 0 amide bonds. The summed E-state index contributed by atoms with van der Waals surface area (Å²) in [4.78, 5) is 0. The number of nitrogens with one attached hydrogen (secondary N) is 1. The van der Waals surface area contributed by atoms with E-state index in [9.17, 15) is 4.21 Å². The third kappa shape index (κ3) is 4.06. The third-order valence-electron chi connectivity index (χ3n) is 4.51. The molecule has 0 radical (unpaired) electrons. The lowest BCUT2D eigenvalue weighted by molar-refractivity contribution is 0.244. The van der Waals surface area contributed by atoms with E-state index >= 15 is 0 Å². The summed E-state index contributed by atoms with van der Waals surface area (Å²) in [6.45, 7) is 12.0. The van der Waals surface area contributed by atoms with Crippen molar-refractivity contribution in [2.75, 3.05) is 6.54 Å². The molecule has 0 bridgehead atoms. The Morgan fingerprint density at radius 3 is 2.39 bits per heavy atom. The molecule has 2 nitrogen and oxygen atoms in total. The van der Waals surface area contributed by atoms with Gasteiger partial charge in [-0.3, -0.25) is 4.21 Å². The molecule has 5 atom stereocenters. The lowest BCUT2D eigenvalue weighted by Gasteiger charge is -2.38. The zero-order valence-electron chi connectivity index (χ0n) is 12.7. The summed E-state index contributed by atoms with van der Waals surface area (Å²) >= 11 is 0. The molecule has 1 aliphatic rings. The van der Waals surface area contributed by atoms with E-state index in [2.05, 4.69) is 39.9 Å². The van der Waals surface area contributed by atoms with E-state index in [-0.39, 0.29) is 0 Å². The summed E-state index contributed by atoms with van der Waals surface area (Å²) in [5, 5.41) is 4.26. The Morgan fingerprint density at radius 1 is 1.22 bits per heavy atom. The zero-order chi connectivity index (χ0) is 13.7. The van der Waals surface area contributed by atoms with E-state index in [1.807, 2.05) is 0 Å². The topological polar surface area (TPSA) is 29.1 Å². The maximum absolute atomic E-state index is 12.7. The molecule has 0 spiro atoms. The molecule has 1 fully saturated rings. The summed E-state index contributed by atoms with van der Waals surface area (Å²) in [6.07, 6.45) is 4.66. The number of hydrogen-bond acceptors (Lipinski definition) is 2. The molecule has 1 N–H and O–H groups in total. The quantitative estimate of drug-likeness (QED) is 0.804. The van der Waals surface area contributed by atoms with Gasteiger partial charge in [-0.1, -0.05) is 34.6 Å². The second-order valence-corrected chi connectivity index (χ2v) is 8.13. The molecule has 18 heavy (non-hydrogen) atoms. The molecule has 0 aromatic carbocycles. The van der Waals surface area contributed by atoms with Crippen LogP contribution in [0.1, 0.15) is 60.3 Å². The minimum absolute atomic E-state index is 0.335. The van der Waals surface area contributed by atoms with Gasteiger partial charge >= 0.3 is 0 Å². The molecule has 5 unspecified atom stereocenters. The Hall–Kier alpha value is 0.110. The van der Waals surface area contributed by atoms with Crippen molar-refractivity contribution in [2.24, 2.45) is 11.8 Å². The van der Waals surface area contributed by atoms with Gasteiger partial charge in [0.15, 0.2) is 0 Å². The second-order valence-electron chi connectivity index (χ2n) is 6.07. The van der Waals surface area contributed by atoms with Crippen molar-refractivity contribution in [3.05, 3.63) is 0 Å². The van der Waals surface area contributed by atoms with Gasteiger partial charge in [-0.15, -0.1) is 0 Å². The molecule has 0 aliphatic heterocycles. The van der Waals surface area contributed by atoms with E-state index in [1.165, 1.54) is 12.8 Å². The Labute approximate surface area is 116 Å². The Morgan fingerprint density at radius 2 is 1.89 bits per heavy atom. The SMILES string of the molecule is CCNC1CCC(C(C)C)CC1S(=O)C(C)CC. The maximum Gasteiger partial charge on any atom is 0.0506 e. The minimum Gasteiger partial charge on any atom is -0.313 e. The first-order valence-electron chi connectivity index (χ1n) is 7.63. The zero-order valence-corrected chi connectivity index (χ0v) is 13.6. The molecule has 0 aromatic heterocycles. The first-order chi connectivity index (χ1) is 8.51. The highest BCUT2D eigenvalue weighted by molar-refractivity contribution is 7.86. The smallest absolute Gasteiger partial charge is 0.0506 e. The highest BCUT2D eigenvalue weighted by atomic mass is 32.2. The lowest BCUT2D eigenvalue weighted by atomic mass is 9.79. The highest BCUT2D eigenvalue weighted by Crippen LogP contribution is 2.33. The van der Waals surface area contributed by atoms with Crippen LogP contribution in [-0.4, -0.2) is 27.3 Å². The predicted molar refractivity (Wildman–Crippen MR) is 81.3 cm³/mol. The second kappa shape index (κ2) is 7.64. The fourth-order valence-electron chi connectivity index (χ4n) is 2.98. The van der Waals surface area contributed by atoms with Crippen LogP contribution in [-0.2, 0) is 10.8 Å². The van der Waals surface area contributed by atoms with Crippen molar-refractivity contribution in [2.45, 2.75) is 76.8 Å². The molecule has 3 heteroatoms. The van der Waals surface area contributed by atoms with Crippen LogP contribution in [0.5, 0.6) is 0 Å². The first-order valence-corrected chi connectivity index (χ1v) is 8.91. The molecule has 1 rings (SSSR count). The van der Waals surface area contributed by atoms with Crippen molar-refractivity contribution >= 4 is 10.8 Å². The van der Waals surface area contributed by atoms with Gasteiger partial charge in [0.2, 0.25) is 0 Å². The standard InChI is InChI=1S/C15H31NOS/c1-6-12(5)18(17)15-10-13(11(3)4)8-9-14(15)16-7-2/h11-16H,6-10H2,1-5H3. The van der Waals surface area contributed by atoms with Crippen LogP contribution < -0.4 is 5.32 Å². The van der Waals surface area contributed by atoms with E-state index in [1.54, 1.807) is 0 Å². The monoisotopic (exact) mass is 273 g/mol. The minimum atomic E-state index is -0.683. The fraction of sp³-hybridized carbons (Fsp3) is 1.00. The molecule has 0 saturated heterocycles. The van der Waals surface area contributed by atoms with Crippen molar-refractivity contribution in [1.29, 1.82) is 0 Å². The van der Waals surface area contributed by atoms with Gasteiger partial charge in [0.25, 0.3) is 0 Å². The highest BCUT2D eigenvalue weighted by Gasteiger charge is 2.36. The molecular formula is C15H31NOS. The van der Waals surface area contributed by atoms with E-state index in [0.29, 0.717) is 16.5 Å². The van der Waals surface area contributed by atoms with Crippen LogP contribution >= 0.6 is 0 Å². The van der Waals surface area contributed by atoms with Crippen LogP contribution in [0.25, 0.3) is 0 Å². The normalized spacial score (nSPS) is 32.4. The third-order valence-corrected chi connectivity index (χ3v) is 6.76. The Bertz CT molecular complexity index is 267. The fourth-order valence-corrected chi connectivity index (χ4v) is 4.90. The van der Waals surface area contributed by atoms with Gasteiger partial charge < -0.3 is 5.32 Å². The first kappa shape index (κ1) is 16.2.